The third kappa shape index (κ3) is 3.75. The minimum Gasteiger partial charge on any atom is -0.374 e. The van der Waals surface area contributed by atoms with Gasteiger partial charge in [0.15, 0.2) is 10.8 Å². The molecule has 2 aromatic carbocycles. The van der Waals surface area contributed by atoms with E-state index in [9.17, 15) is 13.2 Å². The number of carbonyl (C=O) groups excluding carboxylic acids is 1. The van der Waals surface area contributed by atoms with E-state index in [0.29, 0.717) is 11.3 Å². The molecule has 2 aromatic rings. The molecule has 0 bridgehead atoms. The van der Waals surface area contributed by atoms with Gasteiger partial charge in [0.25, 0.3) is 5.91 Å². The number of hydrogen-bond acceptors (Lipinski definition) is 5. The smallest absolute Gasteiger partial charge is 0.276 e. The Bertz CT molecular complexity index is 1110. The molecule has 0 aromatic heterocycles. The van der Waals surface area contributed by atoms with Crippen molar-refractivity contribution in [2.75, 3.05) is 10.3 Å². The van der Waals surface area contributed by atoms with Crippen LogP contribution in [-0.2, 0) is 14.8 Å². The SMILES string of the molecule is CC(C)c1ccc2c(c1)/C(=N/N(C(N)=S)c1ccccc1S(N)(=O)=O)C(=O)N2. The summed E-state index contributed by atoms with van der Waals surface area (Å²) in [5.41, 5.74) is 8.14. The largest absolute Gasteiger partial charge is 0.374 e. The molecule has 3 rings (SSSR count). The number of amides is 1. The van der Waals surface area contributed by atoms with E-state index >= 15 is 0 Å². The molecule has 1 aliphatic heterocycles. The second kappa shape index (κ2) is 7.30. The number of hydrazone groups is 1. The second-order valence-electron chi connectivity index (χ2n) is 6.53. The van der Waals surface area contributed by atoms with Crippen molar-refractivity contribution in [2.45, 2.75) is 24.7 Å². The normalized spacial score (nSPS) is 14.9. The lowest BCUT2D eigenvalue weighted by Gasteiger charge is -2.20. The first-order valence-electron chi connectivity index (χ1n) is 8.35. The molecule has 10 heteroatoms. The van der Waals surface area contributed by atoms with Gasteiger partial charge >= 0.3 is 0 Å². The van der Waals surface area contributed by atoms with Crippen molar-refractivity contribution < 1.29 is 13.2 Å². The van der Waals surface area contributed by atoms with E-state index in [4.69, 9.17) is 23.1 Å². The van der Waals surface area contributed by atoms with Crippen molar-refractivity contribution >= 4 is 50.3 Å². The van der Waals surface area contributed by atoms with Gasteiger partial charge in [0, 0.05) is 5.56 Å². The van der Waals surface area contributed by atoms with Crippen molar-refractivity contribution in [3.05, 3.63) is 53.6 Å². The molecule has 1 heterocycles. The van der Waals surface area contributed by atoms with Crippen LogP contribution in [0.3, 0.4) is 0 Å². The van der Waals surface area contributed by atoms with Crippen LogP contribution < -0.4 is 21.2 Å². The van der Waals surface area contributed by atoms with Gasteiger partial charge in [-0.2, -0.15) is 5.10 Å². The zero-order chi connectivity index (χ0) is 20.6. The van der Waals surface area contributed by atoms with Crippen molar-refractivity contribution in [2.24, 2.45) is 16.0 Å². The first-order chi connectivity index (χ1) is 13.1. The van der Waals surface area contributed by atoms with Gasteiger partial charge in [-0.15, -0.1) is 0 Å². The number of nitrogens with zero attached hydrogens (tertiary/aromatic N) is 2. The highest BCUT2D eigenvalue weighted by Crippen LogP contribution is 2.30. The average Bonchev–Trinajstić information content (AvgIpc) is 2.92. The Labute approximate surface area is 168 Å². The van der Waals surface area contributed by atoms with Gasteiger partial charge in [-0.3, -0.25) is 4.79 Å². The van der Waals surface area contributed by atoms with E-state index in [2.05, 4.69) is 10.4 Å². The van der Waals surface area contributed by atoms with Crippen LogP contribution in [0.2, 0.25) is 0 Å². The first kappa shape index (κ1) is 19.9. The number of carbonyl (C=O) groups is 1. The van der Waals surface area contributed by atoms with Crippen LogP contribution in [0, 0.1) is 0 Å². The summed E-state index contributed by atoms with van der Waals surface area (Å²) in [4.78, 5) is 12.3. The quantitative estimate of drug-likeness (QED) is 0.514. The molecule has 0 unspecified atom stereocenters. The van der Waals surface area contributed by atoms with E-state index in [-0.39, 0.29) is 27.3 Å². The van der Waals surface area contributed by atoms with Crippen LogP contribution in [0.4, 0.5) is 11.4 Å². The molecule has 0 atom stereocenters. The van der Waals surface area contributed by atoms with Crippen LogP contribution in [-0.4, -0.2) is 25.1 Å². The molecular formula is C18H19N5O3S2. The Morgan fingerprint density at radius 2 is 1.89 bits per heavy atom. The number of anilines is 2. The minimum atomic E-state index is -4.06. The minimum absolute atomic E-state index is 0.0614. The number of sulfonamides is 1. The van der Waals surface area contributed by atoms with Crippen LogP contribution in [0.25, 0.3) is 0 Å². The van der Waals surface area contributed by atoms with E-state index in [1.165, 1.54) is 18.2 Å². The number of para-hydroxylation sites is 1. The third-order valence-electron chi connectivity index (χ3n) is 4.24. The maximum Gasteiger partial charge on any atom is 0.276 e. The molecule has 8 nitrogen and oxygen atoms in total. The van der Waals surface area contributed by atoms with Gasteiger partial charge < -0.3 is 11.1 Å². The maximum atomic E-state index is 12.5. The summed E-state index contributed by atoms with van der Waals surface area (Å²) in [5.74, 6) is -0.192. The molecule has 0 aliphatic carbocycles. The highest BCUT2D eigenvalue weighted by atomic mass is 32.2. The Balaban J connectivity index is 2.18. The van der Waals surface area contributed by atoms with Gasteiger partial charge in [0.1, 0.15) is 4.90 Å². The summed E-state index contributed by atoms with van der Waals surface area (Å²) in [5, 5.41) is 13.1. The topological polar surface area (TPSA) is 131 Å². The molecule has 28 heavy (non-hydrogen) atoms. The van der Waals surface area contributed by atoms with Gasteiger partial charge in [-0.1, -0.05) is 32.0 Å². The molecule has 1 amide bonds. The number of primary sulfonamides is 1. The third-order valence-corrected chi connectivity index (χ3v) is 5.37. The lowest BCUT2D eigenvalue weighted by atomic mass is 9.99. The zero-order valence-corrected chi connectivity index (χ0v) is 16.8. The van der Waals surface area contributed by atoms with Crippen LogP contribution in [0.5, 0.6) is 0 Å². The van der Waals surface area contributed by atoms with E-state index in [1.54, 1.807) is 12.1 Å². The van der Waals surface area contributed by atoms with Gasteiger partial charge in [0.05, 0.1) is 11.4 Å². The number of nitrogens with two attached hydrogens (primary N) is 2. The summed E-state index contributed by atoms with van der Waals surface area (Å²) in [6.45, 7) is 4.07. The van der Waals surface area contributed by atoms with Crippen molar-refractivity contribution in [3.63, 3.8) is 0 Å². The zero-order valence-electron chi connectivity index (χ0n) is 15.2. The molecule has 146 valence electrons. The van der Waals surface area contributed by atoms with Crippen molar-refractivity contribution in [1.82, 2.24) is 0 Å². The lowest BCUT2D eigenvalue weighted by molar-refractivity contribution is -0.110. The predicted molar refractivity (Wildman–Crippen MR) is 113 cm³/mol. The molecule has 5 N–H and O–H groups in total. The van der Waals surface area contributed by atoms with E-state index in [0.717, 1.165) is 10.6 Å². The monoisotopic (exact) mass is 417 g/mol. The van der Waals surface area contributed by atoms with Gasteiger partial charge in [-0.25, -0.2) is 18.6 Å². The Morgan fingerprint density at radius 3 is 2.50 bits per heavy atom. The highest BCUT2D eigenvalue weighted by molar-refractivity contribution is 7.89. The average molecular weight is 418 g/mol. The Hall–Kier alpha value is -2.82. The molecule has 0 radical (unpaired) electrons. The molecule has 0 saturated carbocycles. The standard InChI is InChI=1S/C18H19N5O3S2/c1-10(2)11-7-8-13-12(9-11)16(17(24)21-13)22-23(18(19)27)14-5-3-4-6-15(14)28(20,25)26/h3-10H,1-2H3,(H2,19,27)(H2,20,25,26)(H,21,22,24). The highest BCUT2D eigenvalue weighted by Gasteiger charge is 2.29. The Kier molecular flexibility index (Phi) is 5.20. The lowest BCUT2D eigenvalue weighted by Crippen LogP contribution is -2.34. The summed E-state index contributed by atoms with van der Waals surface area (Å²) in [6, 6.07) is 11.5. The van der Waals surface area contributed by atoms with E-state index in [1.807, 2.05) is 26.0 Å². The second-order valence-corrected chi connectivity index (χ2v) is 8.47. The number of thiocarbonyl (C=S) groups is 1. The van der Waals surface area contributed by atoms with Gasteiger partial charge in [-0.05, 0) is 48.0 Å². The molecular weight excluding hydrogens is 398 g/mol. The van der Waals surface area contributed by atoms with Crippen LogP contribution in [0.15, 0.2) is 52.5 Å². The summed E-state index contributed by atoms with van der Waals surface area (Å²) >= 11 is 5.05. The summed E-state index contributed by atoms with van der Waals surface area (Å²) < 4.78 is 23.9. The van der Waals surface area contributed by atoms with Crippen molar-refractivity contribution in [3.8, 4) is 0 Å². The predicted octanol–water partition coefficient (Wildman–Crippen LogP) is 1.86. The fraction of sp³-hybridized carbons (Fsp3) is 0.167. The molecule has 0 saturated heterocycles. The van der Waals surface area contributed by atoms with Crippen molar-refractivity contribution in [1.29, 1.82) is 0 Å². The summed E-state index contributed by atoms with van der Waals surface area (Å²) in [6.07, 6.45) is 0. The van der Waals surface area contributed by atoms with E-state index < -0.39 is 15.9 Å². The molecule has 1 aliphatic rings. The van der Waals surface area contributed by atoms with Gasteiger partial charge in [0.2, 0.25) is 10.0 Å². The number of nitrogens with one attached hydrogen (secondary N) is 1. The Morgan fingerprint density at radius 1 is 1.21 bits per heavy atom. The molecule has 0 fully saturated rings. The fourth-order valence-corrected chi connectivity index (χ4v) is 3.68. The number of hydrogen-bond donors (Lipinski definition) is 3. The fourth-order valence-electron chi connectivity index (χ4n) is 2.82. The molecule has 0 spiro atoms. The van der Waals surface area contributed by atoms with Crippen LogP contribution >= 0.6 is 12.2 Å². The number of fused-ring (bicyclic) bond motifs is 1. The maximum absolute atomic E-state index is 12.5. The summed E-state index contributed by atoms with van der Waals surface area (Å²) in [7, 11) is -4.06. The first-order valence-corrected chi connectivity index (χ1v) is 10.3. The number of benzene rings is 2. The number of rotatable bonds is 4. The van der Waals surface area contributed by atoms with Crippen LogP contribution in [0.1, 0.15) is 30.9 Å².